The summed E-state index contributed by atoms with van der Waals surface area (Å²) in [5, 5.41) is 37.7. The maximum atomic E-state index is 9.57. The minimum Gasteiger partial charge on any atom is -0.508 e. The highest BCUT2D eigenvalue weighted by Crippen LogP contribution is 2.41. The zero-order valence-corrected chi connectivity index (χ0v) is 103. The van der Waals surface area contributed by atoms with E-state index in [4.69, 9.17) is 94.7 Å². The van der Waals surface area contributed by atoms with Crippen molar-refractivity contribution >= 4 is 271 Å². The molecule has 0 amide bonds. The molecule has 4 N–H and O–H groups in total. The van der Waals surface area contributed by atoms with Crippen LogP contribution in [0.15, 0.2) is 146 Å². The summed E-state index contributed by atoms with van der Waals surface area (Å²) in [6.45, 7) is 30.9. The van der Waals surface area contributed by atoms with Crippen molar-refractivity contribution in [1.82, 2.24) is 0 Å². The number of benzene rings is 9. The van der Waals surface area contributed by atoms with Crippen LogP contribution in [-0.4, -0.2) is 152 Å². The third-order valence-corrected chi connectivity index (χ3v) is 31.8. The molecule has 0 bridgehead atoms. The number of rotatable bonds is 44. The molecule has 0 aromatic heterocycles. The second kappa shape index (κ2) is 71.1. The molecule has 134 heavy (non-hydrogen) atoms. The number of aromatic hydroxyl groups is 4. The molecule has 0 aliphatic heterocycles. The Hall–Kier alpha value is -1.46. The van der Waals surface area contributed by atoms with Gasteiger partial charge in [-0.1, -0.05) is 101 Å². The summed E-state index contributed by atoms with van der Waals surface area (Å²) in [5.41, 5.74) is 4.62. The van der Waals surface area contributed by atoms with Gasteiger partial charge in [-0.3, -0.25) is 0 Å². The molecule has 24 nitrogen and oxygen atoms in total. The molecule has 0 saturated heterocycles. The van der Waals surface area contributed by atoms with Gasteiger partial charge in [0.2, 0.25) is 0 Å². The zero-order chi connectivity index (χ0) is 98.3. The van der Waals surface area contributed by atoms with Gasteiger partial charge in [0, 0.05) is 61.8 Å². The van der Waals surface area contributed by atoms with Crippen molar-refractivity contribution in [3.05, 3.63) is 211 Å². The standard InChI is InChI=1S/C23H30O3.C21H26O3.C12H15I3O4.2C12H16I2O4.C9H9I3O3.C9H10I2O3/c1-17(25-21-7-5-4-6-8-21)26-22-15-11-19(12-16-22)23(2,3)18-9-13-20(24)14-10-18;1-16(23-20-5-3-2-4-6-20)24-21-13-9-18(10-14-21)15-17-7-11-19(22)12-8-17;1-3-16-6-18-9-5-8(13)12(11(15)10(9)14)19-7-17-4-2;1-3-15-7-17-9-5-10(13)12(11(14)6-9)18-8-16-4-2;1-3-15-7-17-10-5-9(13)6-11(12(10)14)18-8-16-4-2;1-2-14-4-15-9-5(10)3-6(13)7(11)8(9)12;1-2-13-5-14-9-7(10)3-6(12)4-8(9)11/h9-17,21,24H,4-8H2,1-3H3;7-14,16,20,22H,2-6,15H2,1H3;5H,3-4,6-7H2,1-2H3;2*5-6H,3-4,7-8H2,1-2H3;3,13H,2,4H2,1H3;3-4,12H,2,5H2,1H3. The van der Waals surface area contributed by atoms with Gasteiger partial charge in [-0.15, -0.1) is 0 Å². The van der Waals surface area contributed by atoms with E-state index in [-0.39, 0.29) is 83.8 Å². The van der Waals surface area contributed by atoms with Crippen LogP contribution in [0.4, 0.5) is 0 Å². The Morgan fingerprint density at radius 3 is 0.978 bits per heavy atom. The molecular formula is C98H122I12O24. The maximum Gasteiger partial charge on any atom is 0.197 e. The highest BCUT2D eigenvalue weighted by atomic mass is 127. The molecular weight excluding hydrogens is 3080 g/mol. The molecule has 11 rings (SSSR count). The quantitative estimate of drug-likeness (QED) is 0.0120. The fourth-order valence-corrected chi connectivity index (χ4v) is 22.2. The van der Waals surface area contributed by atoms with Crippen molar-refractivity contribution in [3.8, 4) is 80.5 Å². The summed E-state index contributed by atoms with van der Waals surface area (Å²) >= 11 is 26.2. The first kappa shape index (κ1) is 123. The van der Waals surface area contributed by atoms with Crippen LogP contribution in [0.2, 0.25) is 0 Å². The molecule has 2 aliphatic carbocycles. The third-order valence-electron chi connectivity index (χ3n) is 19.0. The lowest BCUT2D eigenvalue weighted by Gasteiger charge is -2.27. The smallest absolute Gasteiger partial charge is 0.197 e. The van der Waals surface area contributed by atoms with Gasteiger partial charge in [-0.05, 0) is 492 Å². The van der Waals surface area contributed by atoms with Crippen LogP contribution in [0.1, 0.15) is 170 Å². The average molecular weight is 3210 g/mol. The molecule has 2 fully saturated rings. The number of ether oxygens (including phenoxy) is 20. The van der Waals surface area contributed by atoms with Crippen molar-refractivity contribution in [3.63, 3.8) is 0 Å². The Morgan fingerprint density at radius 1 is 0.299 bits per heavy atom. The second-order valence-electron chi connectivity index (χ2n) is 29.2. The number of hydrogen-bond donors (Lipinski definition) is 4. The Morgan fingerprint density at radius 2 is 0.597 bits per heavy atom. The van der Waals surface area contributed by atoms with Gasteiger partial charge in [-0.2, -0.15) is 0 Å². The fourth-order valence-electron chi connectivity index (χ4n) is 12.1. The van der Waals surface area contributed by atoms with Crippen LogP contribution in [0.3, 0.4) is 0 Å². The molecule has 0 spiro atoms. The van der Waals surface area contributed by atoms with E-state index in [1.54, 1.807) is 42.5 Å². The van der Waals surface area contributed by atoms with E-state index in [2.05, 4.69) is 309 Å². The van der Waals surface area contributed by atoms with Crippen LogP contribution in [0.25, 0.3) is 0 Å². The molecule has 36 heteroatoms. The average Bonchev–Trinajstić information content (AvgIpc) is 0.809. The zero-order valence-electron chi connectivity index (χ0n) is 77.2. The number of halogens is 12. The summed E-state index contributed by atoms with van der Waals surface area (Å²) in [6.07, 6.45) is 13.4. The molecule has 0 radical (unpaired) electrons. The highest BCUT2D eigenvalue weighted by molar-refractivity contribution is 14.1. The largest absolute Gasteiger partial charge is 0.508 e. The second-order valence-corrected chi connectivity index (χ2v) is 42.8. The van der Waals surface area contributed by atoms with Crippen molar-refractivity contribution in [2.75, 3.05) is 107 Å². The van der Waals surface area contributed by atoms with E-state index in [0.29, 0.717) is 76.6 Å². The predicted molar refractivity (Wildman–Crippen MR) is 625 cm³/mol. The Bertz CT molecular complexity index is 4690. The first-order valence-corrected chi connectivity index (χ1v) is 56.5. The Kier molecular flexibility index (Phi) is 65.3. The van der Waals surface area contributed by atoms with Crippen LogP contribution in [0, 0.1) is 42.8 Å². The molecule has 0 heterocycles. The summed E-state index contributed by atoms with van der Waals surface area (Å²) in [4.78, 5) is 0. The Labute approximate surface area is 955 Å². The minimum atomic E-state index is -0.228. The summed E-state index contributed by atoms with van der Waals surface area (Å²) in [7, 11) is 0. The van der Waals surface area contributed by atoms with E-state index in [1.807, 2.05) is 148 Å². The van der Waals surface area contributed by atoms with Crippen molar-refractivity contribution in [2.24, 2.45) is 0 Å². The first-order valence-electron chi connectivity index (χ1n) is 43.6. The molecule has 2 saturated carbocycles. The van der Waals surface area contributed by atoms with E-state index in [9.17, 15) is 20.4 Å². The van der Waals surface area contributed by atoms with Crippen molar-refractivity contribution < 1.29 is 115 Å². The summed E-state index contributed by atoms with van der Waals surface area (Å²) < 4.78 is 121. The van der Waals surface area contributed by atoms with Gasteiger partial charge < -0.3 is 115 Å². The Balaban J connectivity index is 0.000000279. The van der Waals surface area contributed by atoms with Crippen molar-refractivity contribution in [2.45, 2.75) is 184 Å². The molecule has 9 aromatic carbocycles. The molecule has 742 valence electrons. The van der Waals surface area contributed by atoms with Gasteiger partial charge in [0.25, 0.3) is 0 Å². The topological polar surface area (TPSA) is 266 Å². The van der Waals surface area contributed by atoms with E-state index in [0.717, 1.165) is 138 Å². The van der Waals surface area contributed by atoms with Gasteiger partial charge >= 0.3 is 0 Å². The number of phenols is 4. The summed E-state index contributed by atoms with van der Waals surface area (Å²) in [6, 6.07) is 45.8. The lowest BCUT2D eigenvalue weighted by Crippen LogP contribution is -2.26. The first-order chi connectivity index (χ1) is 64.3. The van der Waals surface area contributed by atoms with E-state index < -0.39 is 0 Å². The minimum absolute atomic E-state index is 0.142. The monoisotopic (exact) mass is 3210 g/mol. The van der Waals surface area contributed by atoms with Gasteiger partial charge in [-0.25, -0.2) is 0 Å². The highest BCUT2D eigenvalue weighted by Gasteiger charge is 2.26. The molecule has 9 aromatic rings. The molecule has 2 unspecified atom stereocenters. The number of hydrogen-bond acceptors (Lipinski definition) is 24. The lowest BCUT2D eigenvalue weighted by molar-refractivity contribution is -0.117. The van der Waals surface area contributed by atoms with Gasteiger partial charge in [0.1, 0.15) is 69.0 Å². The van der Waals surface area contributed by atoms with Crippen molar-refractivity contribution in [1.29, 1.82) is 0 Å². The third kappa shape index (κ3) is 47.6. The van der Waals surface area contributed by atoms with Crippen LogP contribution in [0.5, 0.6) is 80.5 Å². The maximum absolute atomic E-state index is 9.57. The normalized spacial score (nSPS) is 12.8. The van der Waals surface area contributed by atoms with E-state index in [1.165, 1.54) is 55.2 Å². The fraction of sp³-hybridized carbons (Fsp3) is 0.449. The lowest BCUT2D eigenvalue weighted by atomic mass is 9.78. The number of phenolic OH excluding ortho intramolecular Hbond substituents is 4. The summed E-state index contributed by atoms with van der Waals surface area (Å²) in [5.74, 6) is 9.12. The van der Waals surface area contributed by atoms with Crippen LogP contribution < -0.4 is 47.4 Å². The van der Waals surface area contributed by atoms with Crippen LogP contribution >= 0.6 is 271 Å². The molecule has 2 aliphatic rings. The van der Waals surface area contributed by atoms with Gasteiger partial charge in [0.15, 0.2) is 78.4 Å². The molecule has 2 atom stereocenters. The SMILES string of the molecule is CC(Oc1ccc(C(C)(C)c2ccc(O)cc2)cc1)OC1CCCCC1.CC(Oc1ccc(Cc2ccc(O)cc2)cc1)OC1CCCCC1.CCOCOc1c(I)cc(O)c(I)c1I.CCOCOc1c(I)cc(O)cc1I.CCOCOc1cc(I)c(OCOCC)c(I)c1.CCOCOc1cc(I)c(OCOCC)c(I)c1I.CCOCOc1cc(I)cc(OCOCC)c1I. The van der Waals surface area contributed by atoms with E-state index >= 15 is 0 Å². The van der Waals surface area contributed by atoms with Crippen LogP contribution in [-0.2, 0) is 59.2 Å². The predicted octanol–water partition coefficient (Wildman–Crippen LogP) is 28.9. The van der Waals surface area contributed by atoms with Gasteiger partial charge in [0.05, 0.1) is 51.5 Å².